The predicted molar refractivity (Wildman–Crippen MR) is 115 cm³/mol. The summed E-state index contributed by atoms with van der Waals surface area (Å²) in [7, 11) is 1.75. The Bertz CT molecular complexity index is 816. The second kappa shape index (κ2) is 10.1. The average molecular weight is 483 g/mol. The molecule has 0 amide bonds. The van der Waals surface area contributed by atoms with Gasteiger partial charge in [-0.05, 0) is 35.4 Å². The molecule has 0 saturated heterocycles. The fourth-order valence-corrected chi connectivity index (χ4v) is 2.43. The number of hydrogen-bond acceptors (Lipinski definition) is 3. The molecule has 0 saturated carbocycles. The summed E-state index contributed by atoms with van der Waals surface area (Å²) in [6, 6.07) is 15.9. The van der Waals surface area contributed by atoms with Gasteiger partial charge in [0.25, 0.3) is 0 Å². The molecule has 8 heteroatoms. The first-order valence-corrected chi connectivity index (χ1v) is 8.25. The second-order valence-electron chi connectivity index (χ2n) is 5.41. The van der Waals surface area contributed by atoms with Gasteiger partial charge >= 0.3 is 0 Å². The molecule has 1 heterocycles. The summed E-state index contributed by atoms with van der Waals surface area (Å²) >= 11 is 5.90. The maximum atomic E-state index is 5.90. The number of guanidine groups is 1. The zero-order valence-electron chi connectivity index (χ0n) is 14.3. The van der Waals surface area contributed by atoms with Crippen LogP contribution in [0, 0.1) is 0 Å². The SMILES string of the molecule is CN=C(NCc1ccc(Cl)cc1)NCc1ccc(-n2cncn2)cc1.I. The van der Waals surface area contributed by atoms with Gasteiger partial charge < -0.3 is 10.6 Å². The molecule has 0 aliphatic rings. The minimum atomic E-state index is 0. The number of benzene rings is 2. The smallest absolute Gasteiger partial charge is 0.191 e. The minimum absolute atomic E-state index is 0. The van der Waals surface area contributed by atoms with Crippen LogP contribution in [0.1, 0.15) is 11.1 Å². The molecule has 0 atom stereocenters. The Morgan fingerprint density at radius 1 is 1.00 bits per heavy atom. The summed E-state index contributed by atoms with van der Waals surface area (Å²) < 4.78 is 1.73. The molecule has 2 aromatic carbocycles. The lowest BCUT2D eigenvalue weighted by atomic mass is 10.2. The third-order valence-electron chi connectivity index (χ3n) is 3.68. The van der Waals surface area contributed by atoms with E-state index in [2.05, 4.69) is 37.8 Å². The molecule has 3 rings (SSSR count). The van der Waals surface area contributed by atoms with Crippen molar-refractivity contribution in [2.45, 2.75) is 13.1 Å². The maximum absolute atomic E-state index is 5.90. The first kappa shape index (κ1) is 20.2. The Morgan fingerprint density at radius 2 is 1.58 bits per heavy atom. The fourth-order valence-electron chi connectivity index (χ4n) is 2.30. The topological polar surface area (TPSA) is 67.1 Å². The van der Waals surface area contributed by atoms with E-state index in [1.54, 1.807) is 18.1 Å². The standard InChI is InChI=1S/C18H19ClN6.HI/c1-20-18(22-10-14-2-6-16(19)7-3-14)23-11-15-4-8-17(9-5-15)25-13-21-12-24-25;/h2-9,12-13H,10-11H2,1H3,(H2,20,22,23);1H. The van der Waals surface area contributed by atoms with E-state index in [0.29, 0.717) is 13.1 Å². The van der Waals surface area contributed by atoms with Crippen molar-refractivity contribution in [1.82, 2.24) is 25.4 Å². The summed E-state index contributed by atoms with van der Waals surface area (Å²) in [4.78, 5) is 8.19. The van der Waals surface area contributed by atoms with Gasteiger partial charge in [0.15, 0.2) is 5.96 Å². The number of rotatable bonds is 5. The van der Waals surface area contributed by atoms with Crippen molar-refractivity contribution in [3.63, 3.8) is 0 Å². The van der Waals surface area contributed by atoms with Crippen molar-refractivity contribution < 1.29 is 0 Å². The van der Waals surface area contributed by atoms with Crippen molar-refractivity contribution in [2.24, 2.45) is 4.99 Å². The van der Waals surface area contributed by atoms with Gasteiger partial charge in [0.1, 0.15) is 12.7 Å². The van der Waals surface area contributed by atoms with E-state index in [1.165, 1.54) is 6.33 Å². The molecule has 2 N–H and O–H groups in total. The molecule has 0 radical (unpaired) electrons. The van der Waals surface area contributed by atoms with E-state index in [-0.39, 0.29) is 24.0 Å². The van der Waals surface area contributed by atoms with E-state index >= 15 is 0 Å². The molecule has 0 aliphatic carbocycles. The van der Waals surface area contributed by atoms with Gasteiger partial charge in [-0.15, -0.1) is 24.0 Å². The van der Waals surface area contributed by atoms with Crippen LogP contribution >= 0.6 is 35.6 Å². The monoisotopic (exact) mass is 482 g/mol. The van der Waals surface area contributed by atoms with Crippen molar-refractivity contribution in [3.8, 4) is 5.69 Å². The summed E-state index contributed by atoms with van der Waals surface area (Å²) in [5.74, 6) is 0.746. The van der Waals surface area contributed by atoms with Gasteiger partial charge in [-0.25, -0.2) is 9.67 Å². The van der Waals surface area contributed by atoms with E-state index in [0.717, 1.165) is 27.8 Å². The van der Waals surface area contributed by atoms with Crippen LogP contribution in [0.3, 0.4) is 0 Å². The molecule has 0 aliphatic heterocycles. The third-order valence-corrected chi connectivity index (χ3v) is 3.93. The van der Waals surface area contributed by atoms with Crippen molar-refractivity contribution in [2.75, 3.05) is 7.05 Å². The quantitative estimate of drug-likeness (QED) is 0.332. The van der Waals surface area contributed by atoms with Gasteiger partial charge in [0.05, 0.1) is 5.69 Å². The number of nitrogens with one attached hydrogen (secondary N) is 2. The lowest BCUT2D eigenvalue weighted by Crippen LogP contribution is -2.36. The van der Waals surface area contributed by atoms with Crippen molar-refractivity contribution in [1.29, 1.82) is 0 Å². The Balaban J connectivity index is 0.00000243. The number of nitrogens with zero attached hydrogens (tertiary/aromatic N) is 4. The van der Waals surface area contributed by atoms with Crippen LogP contribution in [0.5, 0.6) is 0 Å². The minimum Gasteiger partial charge on any atom is -0.352 e. The van der Waals surface area contributed by atoms with Crippen LogP contribution in [-0.4, -0.2) is 27.8 Å². The Labute approximate surface area is 174 Å². The molecule has 0 bridgehead atoms. The predicted octanol–water partition coefficient (Wildman–Crippen LogP) is 3.40. The number of hydrogen-bond donors (Lipinski definition) is 2. The molecule has 0 spiro atoms. The highest BCUT2D eigenvalue weighted by atomic mass is 127. The number of aromatic nitrogens is 3. The van der Waals surface area contributed by atoms with Crippen LogP contribution in [0.4, 0.5) is 0 Å². The normalized spacial score (nSPS) is 10.9. The van der Waals surface area contributed by atoms with Gasteiger partial charge in [-0.2, -0.15) is 5.10 Å². The van der Waals surface area contributed by atoms with Crippen LogP contribution in [0.15, 0.2) is 66.2 Å². The Morgan fingerprint density at radius 3 is 2.08 bits per heavy atom. The lowest BCUT2D eigenvalue weighted by Gasteiger charge is -2.12. The van der Waals surface area contributed by atoms with Crippen molar-refractivity contribution in [3.05, 3.63) is 77.3 Å². The highest BCUT2D eigenvalue weighted by Gasteiger charge is 2.01. The van der Waals surface area contributed by atoms with Gasteiger partial charge in [-0.3, -0.25) is 4.99 Å². The molecular formula is C18H20ClIN6. The fraction of sp³-hybridized carbons (Fsp3) is 0.167. The van der Waals surface area contributed by atoms with Gasteiger partial charge in [0, 0.05) is 25.2 Å². The molecule has 1 aromatic heterocycles. The van der Waals surface area contributed by atoms with E-state index in [4.69, 9.17) is 11.6 Å². The Kier molecular flexibility index (Phi) is 7.86. The van der Waals surface area contributed by atoms with E-state index in [1.807, 2.05) is 36.4 Å². The molecule has 3 aromatic rings. The highest BCUT2D eigenvalue weighted by Crippen LogP contribution is 2.09. The second-order valence-corrected chi connectivity index (χ2v) is 5.85. The zero-order chi connectivity index (χ0) is 17.5. The summed E-state index contributed by atoms with van der Waals surface area (Å²) in [6.45, 7) is 1.36. The molecular weight excluding hydrogens is 463 g/mol. The van der Waals surface area contributed by atoms with E-state index < -0.39 is 0 Å². The van der Waals surface area contributed by atoms with Crippen molar-refractivity contribution >= 4 is 41.5 Å². The molecule has 6 nitrogen and oxygen atoms in total. The third kappa shape index (κ3) is 5.70. The summed E-state index contributed by atoms with van der Waals surface area (Å²) in [5.41, 5.74) is 3.27. The number of aliphatic imine (C=N–C) groups is 1. The van der Waals surface area contributed by atoms with Crippen LogP contribution < -0.4 is 10.6 Å². The Hall–Kier alpha value is -2.13. The number of halogens is 2. The molecule has 0 unspecified atom stereocenters. The first-order chi connectivity index (χ1) is 12.2. The molecule has 136 valence electrons. The van der Waals surface area contributed by atoms with Crippen LogP contribution in [0.2, 0.25) is 5.02 Å². The summed E-state index contributed by atoms with van der Waals surface area (Å²) in [5, 5.41) is 11.4. The van der Waals surface area contributed by atoms with Crippen LogP contribution in [-0.2, 0) is 13.1 Å². The zero-order valence-corrected chi connectivity index (χ0v) is 17.3. The van der Waals surface area contributed by atoms with Gasteiger partial charge in [0.2, 0.25) is 0 Å². The summed E-state index contributed by atoms with van der Waals surface area (Å²) in [6.07, 6.45) is 3.20. The largest absolute Gasteiger partial charge is 0.352 e. The highest BCUT2D eigenvalue weighted by molar-refractivity contribution is 14.0. The lowest BCUT2D eigenvalue weighted by molar-refractivity contribution is 0.808. The average Bonchev–Trinajstić information content (AvgIpc) is 3.18. The van der Waals surface area contributed by atoms with E-state index in [9.17, 15) is 0 Å². The maximum Gasteiger partial charge on any atom is 0.191 e. The van der Waals surface area contributed by atoms with Gasteiger partial charge in [-0.1, -0.05) is 35.9 Å². The first-order valence-electron chi connectivity index (χ1n) is 7.87. The molecule has 26 heavy (non-hydrogen) atoms. The molecule has 0 fully saturated rings. The van der Waals surface area contributed by atoms with Crippen LogP contribution in [0.25, 0.3) is 5.69 Å².